The zero-order valence-electron chi connectivity index (χ0n) is 18.6. The average Bonchev–Trinajstić information content (AvgIpc) is 3.11. The summed E-state index contributed by atoms with van der Waals surface area (Å²) < 4.78 is 6.96. The average molecular weight is 454 g/mol. The Morgan fingerprint density at radius 2 is 1.94 bits per heavy atom. The largest absolute Gasteiger partial charge is 0.458 e. The smallest absolute Gasteiger partial charge is 0.348 e. The summed E-state index contributed by atoms with van der Waals surface area (Å²) in [6.07, 6.45) is 6.39. The van der Waals surface area contributed by atoms with E-state index in [4.69, 9.17) is 4.74 Å². The van der Waals surface area contributed by atoms with Crippen molar-refractivity contribution in [1.29, 1.82) is 0 Å². The van der Waals surface area contributed by atoms with Gasteiger partial charge in [0.25, 0.3) is 5.56 Å². The van der Waals surface area contributed by atoms with E-state index in [1.54, 1.807) is 6.92 Å². The van der Waals surface area contributed by atoms with Crippen LogP contribution in [0.25, 0.3) is 10.2 Å². The lowest BCUT2D eigenvalue weighted by molar-refractivity contribution is -0.116. The Bertz CT molecular complexity index is 1240. The van der Waals surface area contributed by atoms with Crippen LogP contribution in [0.4, 0.5) is 5.69 Å². The van der Waals surface area contributed by atoms with Crippen LogP contribution in [0.2, 0.25) is 0 Å². The highest BCUT2D eigenvalue weighted by Crippen LogP contribution is 2.29. The zero-order chi connectivity index (χ0) is 22.8. The minimum absolute atomic E-state index is 0.0562. The van der Waals surface area contributed by atoms with E-state index >= 15 is 0 Å². The second kappa shape index (κ2) is 9.24. The molecule has 7 nitrogen and oxygen atoms in total. The lowest BCUT2D eigenvalue weighted by atomic mass is 9.98. The number of aryl methyl sites for hydroxylation is 3. The molecule has 1 fully saturated rings. The normalized spacial score (nSPS) is 14.5. The highest BCUT2D eigenvalue weighted by Gasteiger charge is 2.24. The summed E-state index contributed by atoms with van der Waals surface area (Å²) in [5.41, 5.74) is 2.92. The number of rotatable bonds is 5. The fourth-order valence-corrected chi connectivity index (χ4v) is 5.09. The molecule has 1 aliphatic carbocycles. The van der Waals surface area contributed by atoms with E-state index in [1.807, 2.05) is 32.0 Å². The van der Waals surface area contributed by atoms with Crippen LogP contribution in [0.15, 0.2) is 29.3 Å². The Labute approximate surface area is 190 Å². The lowest BCUT2D eigenvalue weighted by Crippen LogP contribution is -2.28. The summed E-state index contributed by atoms with van der Waals surface area (Å²) in [5, 5.41) is 3.23. The molecular weight excluding hydrogens is 426 g/mol. The molecule has 1 saturated carbocycles. The van der Waals surface area contributed by atoms with Gasteiger partial charge < -0.3 is 10.1 Å². The second-order valence-corrected chi connectivity index (χ2v) is 9.44. The number of esters is 1. The summed E-state index contributed by atoms with van der Waals surface area (Å²) in [6.45, 7) is 5.44. The lowest BCUT2D eigenvalue weighted by Gasteiger charge is -2.21. The molecule has 1 aromatic carbocycles. The molecule has 0 unspecified atom stereocenters. The van der Waals surface area contributed by atoms with Gasteiger partial charge in [0.2, 0.25) is 5.91 Å². The highest BCUT2D eigenvalue weighted by atomic mass is 32.1. The Morgan fingerprint density at radius 3 is 2.69 bits per heavy atom. The standard InChI is InChI=1S/C24H27N3O4S/c1-14-9-10-15(2)18(11-14)26-19(28)12-27-13-25-22-20(23(27)29)16(3)21(32-22)24(30)31-17-7-5-4-6-8-17/h9-11,13,17H,4-8,12H2,1-3H3,(H,26,28). The molecule has 4 rings (SSSR count). The van der Waals surface area contributed by atoms with Crippen LogP contribution in [-0.2, 0) is 16.1 Å². The van der Waals surface area contributed by atoms with Crippen molar-refractivity contribution >= 4 is 39.1 Å². The van der Waals surface area contributed by atoms with Gasteiger partial charge in [-0.25, -0.2) is 9.78 Å². The van der Waals surface area contributed by atoms with Gasteiger partial charge in [0.05, 0.1) is 11.7 Å². The number of carbonyl (C=O) groups is 2. The SMILES string of the molecule is Cc1ccc(C)c(NC(=O)Cn2cnc3sc(C(=O)OC4CCCCC4)c(C)c3c2=O)c1. The number of carbonyl (C=O) groups excluding carboxylic acids is 2. The third kappa shape index (κ3) is 4.60. The van der Waals surface area contributed by atoms with E-state index < -0.39 is 5.97 Å². The minimum atomic E-state index is -0.393. The first-order valence-electron chi connectivity index (χ1n) is 10.9. The summed E-state index contributed by atoms with van der Waals surface area (Å²) in [4.78, 5) is 43.6. The Balaban J connectivity index is 1.55. The van der Waals surface area contributed by atoms with Crippen molar-refractivity contribution in [2.24, 2.45) is 0 Å². The van der Waals surface area contributed by atoms with Gasteiger partial charge in [-0.1, -0.05) is 18.6 Å². The predicted molar refractivity (Wildman–Crippen MR) is 125 cm³/mol. The Hall–Kier alpha value is -3.00. The van der Waals surface area contributed by atoms with E-state index in [9.17, 15) is 14.4 Å². The number of nitrogens with zero attached hydrogens (tertiary/aromatic N) is 2. The molecule has 2 heterocycles. The van der Waals surface area contributed by atoms with Crippen LogP contribution in [0, 0.1) is 20.8 Å². The zero-order valence-corrected chi connectivity index (χ0v) is 19.4. The number of anilines is 1. The molecule has 1 amide bonds. The van der Waals surface area contributed by atoms with Gasteiger partial charge in [0.1, 0.15) is 22.4 Å². The summed E-state index contributed by atoms with van der Waals surface area (Å²) in [5.74, 6) is -0.706. The monoisotopic (exact) mass is 453 g/mol. The Kier molecular flexibility index (Phi) is 6.41. The van der Waals surface area contributed by atoms with Crippen molar-refractivity contribution in [3.63, 3.8) is 0 Å². The molecule has 0 atom stereocenters. The van der Waals surface area contributed by atoms with Gasteiger partial charge >= 0.3 is 5.97 Å². The number of benzene rings is 1. The van der Waals surface area contributed by atoms with Gasteiger partial charge in [0, 0.05) is 5.69 Å². The van der Waals surface area contributed by atoms with E-state index in [-0.39, 0.29) is 24.1 Å². The number of amides is 1. The number of ether oxygens (including phenoxy) is 1. The fourth-order valence-electron chi connectivity index (χ4n) is 4.07. The van der Waals surface area contributed by atoms with Gasteiger partial charge in [-0.15, -0.1) is 11.3 Å². The van der Waals surface area contributed by atoms with Crippen molar-refractivity contribution in [3.8, 4) is 0 Å². The van der Waals surface area contributed by atoms with Gasteiger partial charge in [-0.3, -0.25) is 14.2 Å². The number of hydrogen-bond acceptors (Lipinski definition) is 6. The van der Waals surface area contributed by atoms with Crippen LogP contribution in [-0.4, -0.2) is 27.5 Å². The molecule has 2 aromatic heterocycles. The second-order valence-electron chi connectivity index (χ2n) is 8.45. The van der Waals surface area contributed by atoms with Crippen LogP contribution in [0.5, 0.6) is 0 Å². The van der Waals surface area contributed by atoms with E-state index in [1.165, 1.54) is 28.7 Å². The van der Waals surface area contributed by atoms with Crippen LogP contribution in [0.3, 0.4) is 0 Å². The topological polar surface area (TPSA) is 90.3 Å². The van der Waals surface area contributed by atoms with Gasteiger partial charge in [0.15, 0.2) is 0 Å². The molecule has 0 spiro atoms. The molecule has 0 saturated heterocycles. The summed E-state index contributed by atoms with van der Waals surface area (Å²) in [6, 6.07) is 5.81. The first kappa shape index (κ1) is 22.2. The predicted octanol–water partition coefficient (Wildman–Crippen LogP) is 4.51. The number of fused-ring (bicyclic) bond motifs is 1. The molecule has 1 aliphatic rings. The van der Waals surface area contributed by atoms with Crippen molar-refractivity contribution in [2.75, 3.05) is 5.32 Å². The number of hydrogen-bond donors (Lipinski definition) is 1. The van der Waals surface area contributed by atoms with E-state index in [2.05, 4.69) is 10.3 Å². The molecule has 0 bridgehead atoms. The number of nitrogens with one attached hydrogen (secondary N) is 1. The van der Waals surface area contributed by atoms with Crippen molar-refractivity contribution in [3.05, 3.63) is 56.4 Å². The van der Waals surface area contributed by atoms with Gasteiger partial charge in [-0.05, 0) is 69.2 Å². The fraction of sp³-hybridized carbons (Fsp3) is 0.417. The van der Waals surface area contributed by atoms with Gasteiger partial charge in [-0.2, -0.15) is 0 Å². The first-order chi connectivity index (χ1) is 15.3. The summed E-state index contributed by atoms with van der Waals surface area (Å²) >= 11 is 1.17. The molecule has 8 heteroatoms. The van der Waals surface area contributed by atoms with Crippen LogP contribution < -0.4 is 10.9 Å². The van der Waals surface area contributed by atoms with Crippen LogP contribution in [0.1, 0.15) is 58.5 Å². The molecule has 3 aromatic rings. The maximum Gasteiger partial charge on any atom is 0.348 e. The molecule has 1 N–H and O–H groups in total. The van der Waals surface area contributed by atoms with Crippen molar-refractivity contribution in [1.82, 2.24) is 9.55 Å². The summed E-state index contributed by atoms with van der Waals surface area (Å²) in [7, 11) is 0. The van der Waals surface area contributed by atoms with Crippen molar-refractivity contribution < 1.29 is 14.3 Å². The maximum absolute atomic E-state index is 13.1. The van der Waals surface area contributed by atoms with Crippen LogP contribution >= 0.6 is 11.3 Å². The molecule has 0 aliphatic heterocycles. The Morgan fingerprint density at radius 1 is 1.19 bits per heavy atom. The first-order valence-corrected chi connectivity index (χ1v) is 11.7. The molecule has 0 radical (unpaired) electrons. The van der Waals surface area contributed by atoms with Crippen molar-refractivity contribution in [2.45, 2.75) is 65.5 Å². The quantitative estimate of drug-likeness (QED) is 0.574. The third-order valence-corrected chi connectivity index (χ3v) is 7.09. The molecular formula is C24H27N3O4S. The van der Waals surface area contributed by atoms with E-state index in [0.717, 1.165) is 42.5 Å². The third-order valence-electron chi connectivity index (χ3n) is 5.91. The number of thiophene rings is 1. The minimum Gasteiger partial charge on any atom is -0.458 e. The number of aromatic nitrogens is 2. The maximum atomic E-state index is 13.1. The highest BCUT2D eigenvalue weighted by molar-refractivity contribution is 7.20. The molecule has 32 heavy (non-hydrogen) atoms. The molecule has 168 valence electrons. The van der Waals surface area contributed by atoms with E-state index in [0.29, 0.717) is 20.7 Å².